The fourth-order valence-electron chi connectivity index (χ4n) is 5.50. The number of hydrogen-bond acceptors (Lipinski definition) is 2. The summed E-state index contributed by atoms with van der Waals surface area (Å²) in [5.74, 6) is 1.63. The normalized spacial score (nSPS) is 11.3. The van der Waals surface area contributed by atoms with E-state index in [1.54, 1.807) is 0 Å². The van der Waals surface area contributed by atoms with E-state index in [0.29, 0.717) is 5.56 Å². The molecule has 0 unspecified atom stereocenters. The molecule has 1 heterocycles. The van der Waals surface area contributed by atoms with Crippen molar-refractivity contribution in [3.8, 4) is 73.2 Å². The molecule has 1 aliphatic rings. The lowest BCUT2D eigenvalue weighted by Crippen LogP contribution is -1.92. The van der Waals surface area contributed by atoms with Gasteiger partial charge in [-0.25, -0.2) is 0 Å². The number of ether oxygens (including phenoxy) is 1. The smallest absolute Gasteiger partial charge is 0.135 e. The van der Waals surface area contributed by atoms with Gasteiger partial charge in [-0.3, -0.25) is 0 Å². The van der Waals surface area contributed by atoms with E-state index in [2.05, 4.69) is 97.1 Å². The van der Waals surface area contributed by atoms with Crippen LogP contribution in [-0.2, 0) is 0 Å². The lowest BCUT2D eigenvalue weighted by Gasteiger charge is -2.18. The predicted octanol–water partition coefficient (Wildman–Crippen LogP) is 10.00. The third-order valence-corrected chi connectivity index (χ3v) is 7.38. The lowest BCUT2D eigenvalue weighted by molar-refractivity contribution is 0.486. The van der Waals surface area contributed by atoms with Gasteiger partial charge in [0.25, 0.3) is 0 Å². The number of hydrogen-bond donors (Lipinski definition) is 0. The Balaban J connectivity index is 1.57. The van der Waals surface area contributed by atoms with Crippen LogP contribution in [0.4, 0.5) is 0 Å². The predicted molar refractivity (Wildman–Crippen MR) is 158 cm³/mol. The fourth-order valence-corrected chi connectivity index (χ4v) is 5.50. The van der Waals surface area contributed by atoms with E-state index >= 15 is 0 Å². The maximum Gasteiger partial charge on any atom is 0.135 e. The number of nitrogens with zero attached hydrogens (tertiary/aromatic N) is 1. The highest BCUT2D eigenvalue weighted by atomic mass is 16.5. The highest BCUT2D eigenvalue weighted by Gasteiger charge is 2.21. The first kappa shape index (κ1) is 22.8. The quantitative estimate of drug-likeness (QED) is 0.226. The zero-order valence-corrected chi connectivity index (χ0v) is 21.1. The zero-order chi connectivity index (χ0) is 26.2. The Morgan fingerprint density at radius 2 is 0.795 bits per heavy atom. The van der Waals surface area contributed by atoms with Gasteiger partial charge in [0.2, 0.25) is 0 Å². The summed E-state index contributed by atoms with van der Waals surface area (Å²) < 4.78 is 6.73. The van der Waals surface area contributed by atoms with Gasteiger partial charge < -0.3 is 4.74 Å². The Morgan fingerprint density at radius 1 is 0.385 bits per heavy atom. The number of nitriles is 1. The van der Waals surface area contributed by atoms with Gasteiger partial charge in [-0.05, 0) is 74.8 Å². The Kier molecular flexibility index (Phi) is 5.54. The molecule has 0 spiro atoms. The Bertz CT molecular complexity index is 1890. The van der Waals surface area contributed by atoms with E-state index in [4.69, 9.17) is 4.74 Å². The lowest BCUT2D eigenvalue weighted by atomic mass is 9.85. The van der Waals surface area contributed by atoms with Crippen LogP contribution in [0.15, 0.2) is 140 Å². The molecule has 0 aliphatic carbocycles. The van der Waals surface area contributed by atoms with Gasteiger partial charge in [0.1, 0.15) is 11.5 Å². The van der Waals surface area contributed by atoms with Crippen LogP contribution in [0.5, 0.6) is 11.5 Å². The molecule has 6 aromatic rings. The van der Waals surface area contributed by atoms with Gasteiger partial charge in [0, 0.05) is 11.1 Å². The third-order valence-electron chi connectivity index (χ3n) is 7.38. The second-order valence-corrected chi connectivity index (χ2v) is 9.64. The van der Waals surface area contributed by atoms with Crippen molar-refractivity contribution >= 4 is 0 Å². The topological polar surface area (TPSA) is 33.0 Å². The molecular formula is C37H23NO. The van der Waals surface area contributed by atoms with Crippen molar-refractivity contribution < 1.29 is 4.74 Å². The van der Waals surface area contributed by atoms with Gasteiger partial charge in [-0.1, -0.05) is 109 Å². The van der Waals surface area contributed by atoms with Crippen molar-refractivity contribution in [2.24, 2.45) is 0 Å². The monoisotopic (exact) mass is 497 g/mol. The molecule has 0 atom stereocenters. The molecular weight excluding hydrogens is 474 g/mol. The molecule has 0 N–H and O–H groups in total. The summed E-state index contributed by atoms with van der Waals surface area (Å²) in [5.41, 5.74) is 11.8. The van der Waals surface area contributed by atoms with Crippen LogP contribution < -0.4 is 4.74 Å². The van der Waals surface area contributed by atoms with Crippen molar-refractivity contribution in [1.29, 1.82) is 5.26 Å². The first-order chi connectivity index (χ1) is 19.3. The second-order valence-electron chi connectivity index (χ2n) is 9.64. The summed E-state index contributed by atoms with van der Waals surface area (Å²) >= 11 is 0. The van der Waals surface area contributed by atoms with Gasteiger partial charge in [-0.2, -0.15) is 5.26 Å². The van der Waals surface area contributed by atoms with Crippen LogP contribution in [0.2, 0.25) is 0 Å². The van der Waals surface area contributed by atoms with Crippen LogP contribution in [0.3, 0.4) is 0 Å². The van der Waals surface area contributed by atoms with Crippen molar-refractivity contribution in [3.05, 3.63) is 145 Å². The molecule has 7 rings (SSSR count). The molecule has 1 aliphatic heterocycles. The van der Waals surface area contributed by atoms with Crippen molar-refractivity contribution in [3.63, 3.8) is 0 Å². The zero-order valence-electron chi connectivity index (χ0n) is 21.1. The summed E-state index contributed by atoms with van der Waals surface area (Å²) in [7, 11) is 0. The summed E-state index contributed by atoms with van der Waals surface area (Å²) in [6, 6.07) is 50.3. The molecule has 0 bridgehead atoms. The first-order valence-corrected chi connectivity index (χ1v) is 13.0. The Hall–Kier alpha value is -5.39. The number of para-hydroxylation sites is 2. The minimum absolute atomic E-state index is 0.652. The second kappa shape index (κ2) is 9.49. The molecule has 0 amide bonds. The van der Waals surface area contributed by atoms with Crippen molar-refractivity contribution in [2.45, 2.75) is 0 Å². The third kappa shape index (κ3) is 3.98. The molecule has 6 aromatic carbocycles. The highest BCUT2D eigenvalue weighted by Crippen LogP contribution is 2.48. The van der Waals surface area contributed by atoms with Crippen LogP contribution in [-0.4, -0.2) is 0 Å². The molecule has 0 saturated heterocycles. The van der Waals surface area contributed by atoms with Gasteiger partial charge in [0.05, 0.1) is 11.6 Å². The van der Waals surface area contributed by atoms with Crippen LogP contribution in [0, 0.1) is 11.3 Å². The van der Waals surface area contributed by atoms with Crippen molar-refractivity contribution in [1.82, 2.24) is 0 Å². The minimum atomic E-state index is 0.652. The molecule has 0 aromatic heterocycles. The van der Waals surface area contributed by atoms with Gasteiger partial charge in [0.15, 0.2) is 0 Å². The fraction of sp³-hybridized carbons (Fsp3) is 0. The summed E-state index contributed by atoms with van der Waals surface area (Å²) in [4.78, 5) is 0. The largest absolute Gasteiger partial charge is 0.456 e. The summed E-state index contributed by atoms with van der Waals surface area (Å²) in [6.45, 7) is 0. The first-order valence-electron chi connectivity index (χ1n) is 13.0. The van der Waals surface area contributed by atoms with Crippen molar-refractivity contribution in [2.75, 3.05) is 0 Å². The molecule has 0 saturated carbocycles. The van der Waals surface area contributed by atoms with Crippen LogP contribution >= 0.6 is 0 Å². The Labute approximate surface area is 228 Å². The Morgan fingerprint density at radius 3 is 1.33 bits per heavy atom. The van der Waals surface area contributed by atoms with E-state index in [1.807, 2.05) is 48.5 Å². The van der Waals surface area contributed by atoms with E-state index in [0.717, 1.165) is 56.0 Å². The standard InChI is InChI=1S/C37H23NO/c38-24-25-17-19-26(20-18-25)27-21-22-32-30-11-2-1-9-28(30)29-10-3-4-12-31(29)33-13-5-7-15-36(33)39-37-16-8-6-14-34(37)35(32)23-27/h1-23H. The number of fused-ring (bicyclic) bond motifs is 9. The van der Waals surface area contributed by atoms with E-state index in [1.165, 1.54) is 11.1 Å². The van der Waals surface area contributed by atoms with E-state index in [9.17, 15) is 5.26 Å². The maximum atomic E-state index is 9.27. The highest BCUT2D eigenvalue weighted by molar-refractivity contribution is 5.98. The van der Waals surface area contributed by atoms with Crippen LogP contribution in [0.25, 0.3) is 55.6 Å². The van der Waals surface area contributed by atoms with Crippen LogP contribution in [0.1, 0.15) is 5.56 Å². The number of rotatable bonds is 1. The average molecular weight is 498 g/mol. The maximum absolute atomic E-state index is 9.27. The van der Waals surface area contributed by atoms with Gasteiger partial charge in [-0.15, -0.1) is 0 Å². The molecule has 2 nitrogen and oxygen atoms in total. The SMILES string of the molecule is N#Cc1ccc(-c2ccc3c(c2)-c2ccccc2Oc2ccccc2-c2ccccc2-c2ccccc2-3)cc1. The minimum Gasteiger partial charge on any atom is -0.456 e. The van der Waals surface area contributed by atoms with Gasteiger partial charge >= 0.3 is 0 Å². The summed E-state index contributed by atoms with van der Waals surface area (Å²) in [6.07, 6.45) is 0. The average Bonchev–Trinajstić information content (AvgIpc) is 3.02. The molecule has 182 valence electrons. The molecule has 0 radical (unpaired) electrons. The van der Waals surface area contributed by atoms with E-state index < -0.39 is 0 Å². The van der Waals surface area contributed by atoms with E-state index in [-0.39, 0.29) is 0 Å². The molecule has 2 heteroatoms. The molecule has 39 heavy (non-hydrogen) atoms. The molecule has 0 fully saturated rings. The summed E-state index contributed by atoms with van der Waals surface area (Å²) in [5, 5.41) is 9.27. The number of benzene rings is 6.